The van der Waals surface area contributed by atoms with Crippen molar-refractivity contribution in [3.8, 4) is 0 Å². The molecule has 0 fully saturated rings. The summed E-state index contributed by atoms with van der Waals surface area (Å²) >= 11 is 0. The maximum absolute atomic E-state index is 5.24. The molecule has 0 aliphatic carbocycles. The van der Waals surface area contributed by atoms with Gasteiger partial charge in [-0.3, -0.25) is 9.98 Å². The van der Waals surface area contributed by atoms with Gasteiger partial charge in [0.05, 0.1) is 34.2 Å². The first-order valence-corrected chi connectivity index (χ1v) is 15.3. The van der Waals surface area contributed by atoms with Gasteiger partial charge in [-0.1, -0.05) is 99.6 Å². The molecule has 0 aliphatic heterocycles. The van der Waals surface area contributed by atoms with Gasteiger partial charge in [-0.15, -0.1) is 0 Å². The number of hydrogen-bond donors (Lipinski definition) is 0. The van der Waals surface area contributed by atoms with Gasteiger partial charge in [0.15, 0.2) is 0 Å². The van der Waals surface area contributed by atoms with E-state index in [9.17, 15) is 0 Å². The monoisotopic (exact) mass is 596 g/mol. The number of nitrogens with zero attached hydrogens (tertiary/aromatic N) is 3. The zero-order valence-corrected chi connectivity index (χ0v) is 28.5. The molecule has 0 aliphatic rings. The topological polar surface area (TPSA) is 37.6 Å². The summed E-state index contributed by atoms with van der Waals surface area (Å²) in [5.74, 6) is 1.59. The molecule has 41 heavy (non-hydrogen) atoms. The molecule has 0 N–H and O–H groups in total. The second-order valence-corrected chi connectivity index (χ2v) is 12.4. The van der Waals surface area contributed by atoms with Crippen LogP contribution in [-0.2, 0) is 29.6 Å². The van der Waals surface area contributed by atoms with Crippen molar-refractivity contribution in [2.24, 2.45) is 9.98 Å². The number of aryl methyl sites for hydroxylation is 2. The van der Waals surface area contributed by atoms with Crippen molar-refractivity contribution >= 4 is 22.8 Å². The molecular weight excluding hydrogens is 545 g/mol. The van der Waals surface area contributed by atoms with Crippen LogP contribution in [0.15, 0.2) is 52.4 Å². The van der Waals surface area contributed by atoms with Crippen molar-refractivity contribution in [3.05, 3.63) is 87.2 Å². The van der Waals surface area contributed by atoms with E-state index in [1.165, 1.54) is 33.4 Å². The Morgan fingerprint density at radius 2 is 0.878 bits per heavy atom. The van der Waals surface area contributed by atoms with Crippen LogP contribution >= 0.6 is 0 Å². The summed E-state index contributed by atoms with van der Waals surface area (Å²) in [5, 5.41) is 0. The van der Waals surface area contributed by atoms with Crippen molar-refractivity contribution in [1.29, 1.82) is 0 Å². The molecule has 0 atom stereocenters. The number of aliphatic imine (C=N–C) groups is 2. The molecule has 1 radical (unpaired) electrons. The molecular formula is C37H51CoN3. The van der Waals surface area contributed by atoms with Crippen LogP contribution in [0.2, 0.25) is 0 Å². The molecule has 0 saturated heterocycles. The quantitative estimate of drug-likeness (QED) is 0.215. The molecule has 0 amide bonds. The van der Waals surface area contributed by atoms with E-state index in [0.717, 1.165) is 47.0 Å². The van der Waals surface area contributed by atoms with Gasteiger partial charge in [-0.2, -0.15) is 0 Å². The molecule has 3 aromatic rings. The average molecular weight is 597 g/mol. The standard InChI is InChI=1S/C37H51N3.Co/c1-13-28-18-30(22(3)4)36(31(19-28)23(5)6)38-26(11)34-16-15-17-35(40-34)27(12)39-37-32(24(7)8)20-29(14-2)21-33(37)25(9)10;/h15-25H,13-14H2,1-12H3;. The molecule has 3 nitrogen and oxygen atoms in total. The van der Waals surface area contributed by atoms with Gasteiger partial charge in [0.2, 0.25) is 0 Å². The Hall–Kier alpha value is -2.56. The minimum atomic E-state index is 0. The Morgan fingerprint density at radius 1 is 0.585 bits per heavy atom. The second-order valence-electron chi connectivity index (χ2n) is 12.4. The third-order valence-corrected chi connectivity index (χ3v) is 7.81. The molecule has 223 valence electrons. The molecule has 2 aromatic carbocycles. The summed E-state index contributed by atoms with van der Waals surface area (Å²) in [4.78, 5) is 15.5. The van der Waals surface area contributed by atoms with Gasteiger partial charge >= 0.3 is 0 Å². The first-order valence-electron chi connectivity index (χ1n) is 15.3. The third-order valence-electron chi connectivity index (χ3n) is 7.81. The van der Waals surface area contributed by atoms with Gasteiger partial charge < -0.3 is 0 Å². The SMILES string of the molecule is CCc1cc(C(C)C)c(N=C(C)c2cccc(C(C)=Nc3c(C(C)C)cc(CC)cc3C(C)C)n2)c(C(C)C)c1.[Co]. The first-order chi connectivity index (χ1) is 18.9. The van der Waals surface area contributed by atoms with Crippen molar-refractivity contribution in [2.45, 2.75) is 120 Å². The van der Waals surface area contributed by atoms with E-state index in [2.05, 4.69) is 126 Å². The van der Waals surface area contributed by atoms with Crippen LogP contribution < -0.4 is 0 Å². The number of pyridine rings is 1. The number of rotatable bonds is 10. The third kappa shape index (κ3) is 8.26. The van der Waals surface area contributed by atoms with E-state index >= 15 is 0 Å². The summed E-state index contributed by atoms with van der Waals surface area (Å²) in [6, 6.07) is 15.6. The molecule has 0 saturated carbocycles. The Balaban J connectivity index is 0.00000588. The minimum absolute atomic E-state index is 0. The van der Waals surface area contributed by atoms with Crippen molar-refractivity contribution in [3.63, 3.8) is 0 Å². The summed E-state index contributed by atoms with van der Waals surface area (Å²) in [5.41, 5.74) is 13.9. The van der Waals surface area contributed by atoms with Crippen LogP contribution in [0, 0.1) is 0 Å². The Morgan fingerprint density at radius 3 is 1.12 bits per heavy atom. The normalized spacial score (nSPS) is 12.6. The van der Waals surface area contributed by atoms with E-state index in [-0.39, 0.29) is 16.8 Å². The molecule has 0 unspecified atom stereocenters. The second kappa shape index (κ2) is 15.1. The average Bonchev–Trinajstić information content (AvgIpc) is 2.92. The molecule has 4 heteroatoms. The maximum Gasteiger partial charge on any atom is 0.0849 e. The van der Waals surface area contributed by atoms with Crippen LogP contribution in [-0.4, -0.2) is 16.4 Å². The van der Waals surface area contributed by atoms with Crippen LogP contribution in [0.25, 0.3) is 0 Å². The maximum atomic E-state index is 5.24. The van der Waals surface area contributed by atoms with Gasteiger partial charge in [-0.25, -0.2) is 4.98 Å². The molecule has 1 aromatic heterocycles. The fourth-order valence-electron chi connectivity index (χ4n) is 5.20. The molecule has 0 bridgehead atoms. The summed E-state index contributed by atoms with van der Waals surface area (Å²) in [6.07, 6.45) is 2.06. The van der Waals surface area contributed by atoms with Crippen LogP contribution in [0.4, 0.5) is 11.4 Å². The number of hydrogen-bond acceptors (Lipinski definition) is 3. The predicted molar refractivity (Wildman–Crippen MR) is 176 cm³/mol. The smallest absolute Gasteiger partial charge is 0.0849 e. The van der Waals surface area contributed by atoms with E-state index < -0.39 is 0 Å². The summed E-state index contributed by atoms with van der Waals surface area (Å²) < 4.78 is 0. The number of benzene rings is 2. The van der Waals surface area contributed by atoms with E-state index in [0.29, 0.717) is 23.7 Å². The molecule has 1 heterocycles. The van der Waals surface area contributed by atoms with Crippen LogP contribution in [0.3, 0.4) is 0 Å². The predicted octanol–water partition coefficient (Wildman–Crippen LogP) is 11.0. The van der Waals surface area contributed by atoms with Crippen molar-refractivity contribution in [1.82, 2.24) is 4.98 Å². The fraction of sp³-hybridized carbons (Fsp3) is 0.486. The number of aromatic nitrogens is 1. The van der Waals surface area contributed by atoms with Crippen LogP contribution in [0.5, 0.6) is 0 Å². The minimum Gasteiger partial charge on any atom is -0.251 e. The van der Waals surface area contributed by atoms with Gasteiger partial charge in [0.1, 0.15) is 0 Å². The van der Waals surface area contributed by atoms with Crippen molar-refractivity contribution < 1.29 is 16.8 Å². The van der Waals surface area contributed by atoms with Gasteiger partial charge in [0, 0.05) is 16.8 Å². The fourth-order valence-corrected chi connectivity index (χ4v) is 5.20. The Bertz CT molecular complexity index is 1230. The van der Waals surface area contributed by atoms with Gasteiger partial charge in [0.25, 0.3) is 0 Å². The van der Waals surface area contributed by atoms with Crippen molar-refractivity contribution in [2.75, 3.05) is 0 Å². The zero-order valence-electron chi connectivity index (χ0n) is 27.4. The largest absolute Gasteiger partial charge is 0.251 e. The van der Waals surface area contributed by atoms with E-state index in [4.69, 9.17) is 15.0 Å². The Kier molecular flexibility index (Phi) is 12.7. The molecule has 0 spiro atoms. The summed E-state index contributed by atoms with van der Waals surface area (Å²) in [7, 11) is 0. The van der Waals surface area contributed by atoms with E-state index in [1.807, 2.05) is 0 Å². The van der Waals surface area contributed by atoms with Crippen LogP contribution in [0.1, 0.15) is 152 Å². The summed E-state index contributed by atoms with van der Waals surface area (Å²) in [6.45, 7) is 26.7. The first kappa shape index (κ1) is 34.6. The van der Waals surface area contributed by atoms with E-state index in [1.54, 1.807) is 0 Å². The zero-order chi connectivity index (χ0) is 29.7. The van der Waals surface area contributed by atoms with Gasteiger partial charge in [-0.05, 0) is 95.9 Å². The Labute approximate surface area is 260 Å². The molecule has 3 rings (SSSR count).